The van der Waals surface area contributed by atoms with Crippen LogP contribution in [-0.2, 0) is 0 Å². The van der Waals surface area contributed by atoms with Crippen molar-refractivity contribution in [2.75, 3.05) is 0 Å². The third-order valence-corrected chi connectivity index (χ3v) is 4.57. The third-order valence-electron chi connectivity index (χ3n) is 4.57. The molecule has 0 bridgehead atoms. The number of non-ortho nitro benzene ring substituents is 1. The van der Waals surface area contributed by atoms with Gasteiger partial charge in [0.2, 0.25) is 0 Å². The number of rotatable bonds is 4. The summed E-state index contributed by atoms with van der Waals surface area (Å²) in [4.78, 5) is 10.6. The molecule has 4 rings (SSSR count). The fourth-order valence-electron chi connectivity index (χ4n) is 3.19. The van der Waals surface area contributed by atoms with Crippen LogP contribution in [-0.4, -0.2) is 9.49 Å². The van der Waals surface area contributed by atoms with Crippen LogP contribution >= 0.6 is 0 Å². The molecule has 0 fully saturated rings. The van der Waals surface area contributed by atoms with E-state index >= 15 is 0 Å². The van der Waals surface area contributed by atoms with E-state index in [0.717, 1.165) is 22.0 Å². The van der Waals surface area contributed by atoms with E-state index < -0.39 is 4.92 Å². The minimum absolute atomic E-state index is 0.0242. The molecule has 134 valence electrons. The Kier molecular flexibility index (Phi) is 4.45. The normalized spacial score (nSPS) is 11.3. The minimum atomic E-state index is -0.418. The highest BCUT2D eigenvalue weighted by Crippen LogP contribution is 2.25. The third kappa shape index (κ3) is 3.27. The number of nitriles is 1. The Labute approximate surface area is 161 Å². The summed E-state index contributed by atoms with van der Waals surface area (Å²) in [5.41, 5.74) is 2.81. The molecule has 5 heteroatoms. The summed E-state index contributed by atoms with van der Waals surface area (Å²) < 4.78 is 1.82. The van der Waals surface area contributed by atoms with E-state index in [1.54, 1.807) is 18.2 Å². The van der Waals surface area contributed by atoms with Crippen molar-refractivity contribution in [1.82, 2.24) is 4.57 Å². The van der Waals surface area contributed by atoms with Crippen molar-refractivity contribution in [3.63, 3.8) is 0 Å². The summed E-state index contributed by atoms with van der Waals surface area (Å²) in [5.74, 6) is 0. The number of aromatic nitrogens is 1. The molecular weight excluding hydrogens is 350 g/mol. The molecule has 0 radical (unpaired) electrons. The molecule has 0 atom stereocenters. The summed E-state index contributed by atoms with van der Waals surface area (Å²) in [6.45, 7) is 0. The van der Waals surface area contributed by atoms with Crippen LogP contribution in [0.1, 0.15) is 11.3 Å². The van der Waals surface area contributed by atoms with Gasteiger partial charge in [-0.25, -0.2) is 0 Å². The van der Waals surface area contributed by atoms with Gasteiger partial charge in [0.05, 0.1) is 22.3 Å². The van der Waals surface area contributed by atoms with Crippen molar-refractivity contribution >= 4 is 28.1 Å². The van der Waals surface area contributed by atoms with Crippen molar-refractivity contribution in [2.24, 2.45) is 0 Å². The summed E-state index contributed by atoms with van der Waals surface area (Å²) in [5, 5.41) is 23.0. The molecule has 5 nitrogen and oxygen atoms in total. The van der Waals surface area contributed by atoms with Crippen LogP contribution in [0.2, 0.25) is 0 Å². The average molecular weight is 365 g/mol. The Bertz CT molecular complexity index is 1260. The topological polar surface area (TPSA) is 71.9 Å². The van der Waals surface area contributed by atoms with E-state index in [-0.39, 0.29) is 5.69 Å². The van der Waals surface area contributed by atoms with Crippen LogP contribution in [0.25, 0.3) is 28.1 Å². The first-order valence-electron chi connectivity index (χ1n) is 8.69. The maximum absolute atomic E-state index is 11.1. The molecule has 0 aliphatic carbocycles. The molecule has 0 amide bonds. The maximum Gasteiger partial charge on any atom is 0.271 e. The number of nitro groups is 1. The first kappa shape index (κ1) is 17.3. The zero-order valence-corrected chi connectivity index (χ0v) is 14.8. The zero-order valence-electron chi connectivity index (χ0n) is 14.8. The van der Waals surface area contributed by atoms with Gasteiger partial charge in [0.1, 0.15) is 0 Å². The Hall–Kier alpha value is -4.17. The Morgan fingerprint density at radius 1 is 0.964 bits per heavy atom. The number of hydrogen-bond donors (Lipinski definition) is 0. The number of nitrogens with zero attached hydrogens (tertiary/aromatic N) is 3. The van der Waals surface area contributed by atoms with Gasteiger partial charge in [-0.05, 0) is 46.7 Å². The first-order valence-corrected chi connectivity index (χ1v) is 8.69. The molecule has 4 aromatic rings. The van der Waals surface area contributed by atoms with Gasteiger partial charge in [-0.3, -0.25) is 10.1 Å². The molecule has 0 unspecified atom stereocenters. The van der Waals surface area contributed by atoms with Crippen LogP contribution in [0.3, 0.4) is 0 Å². The second-order valence-electron chi connectivity index (χ2n) is 6.31. The number of nitro benzene ring substituents is 1. The smallest absolute Gasteiger partial charge is 0.271 e. The zero-order chi connectivity index (χ0) is 19.5. The average Bonchev–Trinajstić information content (AvgIpc) is 3.20. The van der Waals surface area contributed by atoms with E-state index in [4.69, 9.17) is 0 Å². The van der Waals surface area contributed by atoms with Crippen LogP contribution < -0.4 is 0 Å². The highest BCUT2D eigenvalue weighted by molar-refractivity contribution is 5.94. The van der Waals surface area contributed by atoms with E-state index in [1.165, 1.54) is 12.1 Å². The first-order chi connectivity index (χ1) is 13.7. The predicted molar refractivity (Wildman–Crippen MR) is 110 cm³/mol. The molecule has 28 heavy (non-hydrogen) atoms. The van der Waals surface area contributed by atoms with Gasteiger partial charge in [0.15, 0.2) is 0 Å². The van der Waals surface area contributed by atoms with Crippen LogP contribution in [0.15, 0.2) is 85.1 Å². The molecule has 0 aliphatic heterocycles. The largest absolute Gasteiger partial charge is 0.317 e. The van der Waals surface area contributed by atoms with E-state index in [2.05, 4.69) is 6.07 Å². The summed E-state index contributed by atoms with van der Waals surface area (Å²) in [7, 11) is 0. The highest BCUT2D eigenvalue weighted by atomic mass is 16.6. The number of fused-ring (bicyclic) bond motifs is 1. The molecule has 3 aromatic carbocycles. The van der Waals surface area contributed by atoms with Crippen LogP contribution in [0, 0.1) is 21.4 Å². The fraction of sp³-hybridized carbons (Fsp3) is 0. The molecular formula is C23H15N3O2. The standard InChI is InChI=1S/C23H15N3O2/c24-16-20(19-11-10-17-5-1-2-6-18(17)13-19)14-21-9-4-12-25(21)22-7-3-8-23(15-22)26(27)28/h1-15H/b20-14-. The van der Waals surface area contributed by atoms with Gasteiger partial charge in [-0.1, -0.05) is 42.5 Å². The lowest BCUT2D eigenvalue weighted by atomic mass is 10.0. The minimum Gasteiger partial charge on any atom is -0.317 e. The van der Waals surface area contributed by atoms with Crippen molar-refractivity contribution in [3.05, 3.63) is 106 Å². The molecule has 1 heterocycles. The summed E-state index contributed by atoms with van der Waals surface area (Å²) in [6.07, 6.45) is 3.61. The quantitative estimate of drug-likeness (QED) is 0.268. The second kappa shape index (κ2) is 7.22. The predicted octanol–water partition coefficient (Wildman–Crippen LogP) is 5.60. The molecule has 0 saturated carbocycles. The fourth-order valence-corrected chi connectivity index (χ4v) is 3.19. The Morgan fingerprint density at radius 3 is 2.57 bits per heavy atom. The van der Waals surface area contributed by atoms with Crippen molar-refractivity contribution in [2.45, 2.75) is 0 Å². The number of benzene rings is 3. The lowest BCUT2D eigenvalue weighted by molar-refractivity contribution is -0.384. The number of hydrogen-bond acceptors (Lipinski definition) is 3. The van der Waals surface area contributed by atoms with Gasteiger partial charge in [0, 0.05) is 24.0 Å². The van der Waals surface area contributed by atoms with Gasteiger partial charge in [0.25, 0.3) is 5.69 Å². The monoisotopic (exact) mass is 365 g/mol. The van der Waals surface area contributed by atoms with E-state index in [1.807, 2.05) is 65.4 Å². The van der Waals surface area contributed by atoms with Crippen molar-refractivity contribution in [3.8, 4) is 11.8 Å². The van der Waals surface area contributed by atoms with Gasteiger partial charge >= 0.3 is 0 Å². The molecule has 0 N–H and O–H groups in total. The SMILES string of the molecule is N#C/C(=C/c1cccn1-c1cccc([N+](=O)[O-])c1)c1ccc2ccccc2c1. The van der Waals surface area contributed by atoms with Crippen LogP contribution in [0.5, 0.6) is 0 Å². The molecule has 0 spiro atoms. The summed E-state index contributed by atoms with van der Waals surface area (Å²) >= 11 is 0. The van der Waals surface area contributed by atoms with Crippen molar-refractivity contribution < 1.29 is 4.92 Å². The maximum atomic E-state index is 11.1. The second-order valence-corrected chi connectivity index (χ2v) is 6.31. The lowest BCUT2D eigenvalue weighted by Crippen LogP contribution is -1.97. The van der Waals surface area contributed by atoms with Crippen LogP contribution in [0.4, 0.5) is 5.69 Å². The Morgan fingerprint density at radius 2 is 1.79 bits per heavy atom. The van der Waals surface area contributed by atoms with Gasteiger partial charge in [-0.15, -0.1) is 0 Å². The van der Waals surface area contributed by atoms with Gasteiger partial charge < -0.3 is 4.57 Å². The number of allylic oxidation sites excluding steroid dienone is 1. The summed E-state index contributed by atoms with van der Waals surface area (Å²) in [6, 6.07) is 26.3. The molecule has 0 saturated heterocycles. The van der Waals surface area contributed by atoms with E-state index in [0.29, 0.717) is 11.3 Å². The van der Waals surface area contributed by atoms with Crippen molar-refractivity contribution in [1.29, 1.82) is 5.26 Å². The highest BCUT2D eigenvalue weighted by Gasteiger charge is 2.10. The van der Waals surface area contributed by atoms with Gasteiger partial charge in [-0.2, -0.15) is 5.26 Å². The molecule has 0 aliphatic rings. The Balaban J connectivity index is 1.78. The molecule has 1 aromatic heterocycles. The lowest BCUT2D eigenvalue weighted by Gasteiger charge is -2.08. The van der Waals surface area contributed by atoms with E-state index in [9.17, 15) is 15.4 Å².